The molecule has 0 amide bonds. The minimum absolute atomic E-state index is 0.0899. The van der Waals surface area contributed by atoms with E-state index < -0.39 is 5.97 Å². The molecule has 37 heavy (non-hydrogen) atoms. The Morgan fingerprint density at radius 2 is 1.95 bits per heavy atom. The topological polar surface area (TPSA) is 120 Å². The van der Waals surface area contributed by atoms with Crippen LogP contribution in [0.25, 0.3) is 28.8 Å². The summed E-state index contributed by atoms with van der Waals surface area (Å²) in [6, 6.07) is 13.4. The first kappa shape index (κ1) is 25.6. The van der Waals surface area contributed by atoms with E-state index in [1.165, 1.54) is 0 Å². The number of esters is 1. The van der Waals surface area contributed by atoms with Gasteiger partial charge in [0.2, 0.25) is 0 Å². The van der Waals surface area contributed by atoms with Crippen LogP contribution in [0.15, 0.2) is 50.9 Å². The van der Waals surface area contributed by atoms with Gasteiger partial charge in [0, 0.05) is 23.5 Å². The van der Waals surface area contributed by atoms with Gasteiger partial charge < -0.3 is 18.2 Å². The van der Waals surface area contributed by atoms with Crippen LogP contribution in [-0.2, 0) is 22.7 Å². The van der Waals surface area contributed by atoms with E-state index >= 15 is 0 Å². The van der Waals surface area contributed by atoms with Crippen LogP contribution < -0.4 is 0 Å². The van der Waals surface area contributed by atoms with Gasteiger partial charge in [0.15, 0.2) is 6.61 Å². The van der Waals surface area contributed by atoms with Crippen LogP contribution in [0.5, 0.6) is 0 Å². The summed E-state index contributed by atoms with van der Waals surface area (Å²) in [6.07, 6.45) is 2.60. The normalized spacial score (nSPS) is 11.6. The van der Waals surface area contributed by atoms with Crippen LogP contribution >= 0.6 is 0 Å². The number of hydrogen-bond donors (Lipinski definition) is 0. The van der Waals surface area contributed by atoms with Crippen molar-refractivity contribution in [1.82, 2.24) is 19.9 Å². The van der Waals surface area contributed by atoms with Gasteiger partial charge in [-0.1, -0.05) is 49.3 Å². The first-order valence-electron chi connectivity index (χ1n) is 12.1. The fraction of sp³-hybridized carbons (Fsp3) is 0.321. The van der Waals surface area contributed by atoms with Crippen LogP contribution in [-0.4, -0.2) is 25.9 Å². The van der Waals surface area contributed by atoms with Gasteiger partial charge in [-0.15, -0.1) is 10.2 Å². The van der Waals surface area contributed by atoms with Gasteiger partial charge >= 0.3 is 5.97 Å². The van der Waals surface area contributed by atoms with Crippen molar-refractivity contribution in [2.24, 2.45) is 5.92 Å². The lowest BCUT2D eigenvalue weighted by atomic mass is 10.1. The highest BCUT2D eigenvalue weighted by Crippen LogP contribution is 2.33. The molecule has 0 saturated heterocycles. The van der Waals surface area contributed by atoms with Gasteiger partial charge in [-0.25, -0.2) is 4.79 Å². The Hall–Kier alpha value is -4.45. The van der Waals surface area contributed by atoms with Crippen molar-refractivity contribution in [3.63, 3.8) is 0 Å². The Labute approximate surface area is 215 Å². The lowest BCUT2D eigenvalue weighted by Crippen LogP contribution is -2.07. The third kappa shape index (κ3) is 5.70. The summed E-state index contributed by atoms with van der Waals surface area (Å²) in [4.78, 5) is 12.7. The molecule has 0 atom stereocenters. The number of aromatic nitrogens is 4. The average molecular weight is 500 g/mol. The molecule has 0 spiro atoms. The molecule has 3 aromatic heterocycles. The molecule has 9 nitrogen and oxygen atoms in total. The Kier molecular flexibility index (Phi) is 7.68. The van der Waals surface area contributed by atoms with Crippen LogP contribution in [0.3, 0.4) is 0 Å². The first-order valence-corrected chi connectivity index (χ1v) is 12.1. The van der Waals surface area contributed by atoms with Gasteiger partial charge in [0.25, 0.3) is 11.8 Å². The largest absolute Gasteiger partial charge is 0.451 e. The highest BCUT2D eigenvalue weighted by Gasteiger charge is 2.23. The summed E-state index contributed by atoms with van der Waals surface area (Å²) in [5, 5.41) is 21.8. The van der Waals surface area contributed by atoms with E-state index in [2.05, 4.69) is 33.8 Å². The van der Waals surface area contributed by atoms with E-state index in [9.17, 15) is 10.1 Å². The molecule has 0 unspecified atom stereocenters. The molecule has 0 aliphatic rings. The molecule has 0 saturated carbocycles. The van der Waals surface area contributed by atoms with Gasteiger partial charge in [0.05, 0.1) is 0 Å². The van der Waals surface area contributed by atoms with Crippen molar-refractivity contribution in [1.29, 1.82) is 5.26 Å². The highest BCUT2D eigenvalue weighted by atomic mass is 16.5. The molecule has 9 heteroatoms. The minimum atomic E-state index is -0.764. The van der Waals surface area contributed by atoms with Crippen molar-refractivity contribution in [2.45, 2.75) is 54.2 Å². The number of nitriles is 1. The van der Waals surface area contributed by atoms with Crippen molar-refractivity contribution in [2.75, 3.05) is 0 Å². The molecule has 0 radical (unpaired) electrons. The van der Waals surface area contributed by atoms with Gasteiger partial charge in [-0.3, -0.25) is 0 Å². The predicted molar refractivity (Wildman–Crippen MR) is 137 cm³/mol. The monoisotopic (exact) mass is 499 g/mol. The lowest BCUT2D eigenvalue weighted by Gasteiger charge is -2.11. The molecule has 3 heterocycles. The third-order valence-electron chi connectivity index (χ3n) is 6.10. The second kappa shape index (κ2) is 11.1. The average Bonchev–Trinajstić information content (AvgIpc) is 3.57. The maximum Gasteiger partial charge on any atom is 0.349 e. The van der Waals surface area contributed by atoms with Crippen LogP contribution in [0.2, 0.25) is 0 Å². The number of ether oxygens (including phenoxy) is 1. The van der Waals surface area contributed by atoms with Crippen molar-refractivity contribution < 1.29 is 18.5 Å². The maximum atomic E-state index is 12.7. The quantitative estimate of drug-likeness (QED) is 0.161. The summed E-state index contributed by atoms with van der Waals surface area (Å²) >= 11 is 0. The zero-order valence-electron chi connectivity index (χ0n) is 21.6. The fourth-order valence-electron chi connectivity index (χ4n) is 4.03. The second-order valence-electron chi connectivity index (χ2n) is 9.24. The second-order valence-corrected chi connectivity index (χ2v) is 9.24. The van der Waals surface area contributed by atoms with E-state index in [4.69, 9.17) is 13.7 Å². The van der Waals surface area contributed by atoms with E-state index in [1.807, 2.05) is 56.3 Å². The van der Waals surface area contributed by atoms with Crippen molar-refractivity contribution in [3.05, 3.63) is 70.6 Å². The molecule has 4 aromatic rings. The van der Waals surface area contributed by atoms with Crippen LogP contribution in [0.4, 0.5) is 0 Å². The summed E-state index contributed by atoms with van der Waals surface area (Å²) in [7, 11) is 0. The third-order valence-corrected chi connectivity index (χ3v) is 6.10. The molecule has 4 rings (SSSR count). The lowest BCUT2D eigenvalue weighted by molar-refractivity contribution is -0.140. The van der Waals surface area contributed by atoms with E-state index in [0.717, 1.165) is 35.5 Å². The Bertz CT molecular complexity index is 1470. The Morgan fingerprint density at radius 1 is 1.19 bits per heavy atom. The fourth-order valence-corrected chi connectivity index (χ4v) is 4.03. The SMILES string of the molecule is Cc1onc(-c2ccccc2)c1-c1nnc(COC(=O)/C(C#N)=C/c2cc(C)n(CCC(C)C)c2C)o1. The number of carbonyl (C=O) groups excluding carboxylic acids is 1. The molecule has 1 aromatic carbocycles. The van der Waals surface area contributed by atoms with Gasteiger partial charge in [0.1, 0.15) is 28.7 Å². The number of benzene rings is 1. The number of rotatable bonds is 9. The minimum Gasteiger partial charge on any atom is -0.451 e. The number of carbonyl (C=O) groups is 1. The van der Waals surface area contributed by atoms with Crippen molar-refractivity contribution in [3.8, 4) is 28.8 Å². The molecule has 0 aliphatic carbocycles. The molecule has 0 N–H and O–H groups in total. The molecular weight excluding hydrogens is 470 g/mol. The first-order chi connectivity index (χ1) is 17.8. The Morgan fingerprint density at radius 3 is 2.65 bits per heavy atom. The van der Waals surface area contributed by atoms with Gasteiger partial charge in [-0.2, -0.15) is 5.26 Å². The summed E-state index contributed by atoms with van der Waals surface area (Å²) < 4.78 is 18.6. The van der Waals surface area contributed by atoms with E-state index in [-0.39, 0.29) is 24.0 Å². The predicted octanol–water partition coefficient (Wildman–Crippen LogP) is 5.81. The Balaban J connectivity index is 1.47. The number of hydrogen-bond acceptors (Lipinski definition) is 8. The maximum absolute atomic E-state index is 12.7. The molecule has 0 aliphatic heterocycles. The summed E-state index contributed by atoms with van der Waals surface area (Å²) in [5.41, 5.74) is 4.77. The summed E-state index contributed by atoms with van der Waals surface area (Å²) in [6.45, 7) is 10.7. The number of aryl methyl sites for hydroxylation is 2. The van der Waals surface area contributed by atoms with E-state index in [0.29, 0.717) is 22.9 Å². The number of nitrogens with zero attached hydrogens (tertiary/aromatic N) is 5. The smallest absolute Gasteiger partial charge is 0.349 e. The van der Waals surface area contributed by atoms with E-state index in [1.54, 1.807) is 13.0 Å². The standard InChI is InChI=1S/C28H29N5O4/c1-17(2)11-12-33-18(3)13-22(19(33)4)14-23(15-29)28(34)35-16-24-30-31-27(36-24)25-20(5)37-32-26(25)21-9-7-6-8-10-21/h6-10,13-14,17H,11-12,16H2,1-5H3/b23-14+. The van der Waals surface area contributed by atoms with Gasteiger partial charge in [-0.05, 0) is 50.8 Å². The zero-order chi connectivity index (χ0) is 26.5. The van der Waals surface area contributed by atoms with Crippen LogP contribution in [0.1, 0.15) is 48.9 Å². The summed E-state index contributed by atoms with van der Waals surface area (Å²) in [5.74, 6) is 0.626. The molecule has 190 valence electrons. The van der Waals surface area contributed by atoms with Crippen LogP contribution in [0, 0.1) is 38.0 Å². The molecule has 0 fully saturated rings. The zero-order valence-corrected chi connectivity index (χ0v) is 21.6. The van der Waals surface area contributed by atoms with Crippen molar-refractivity contribution >= 4 is 12.0 Å². The molecule has 0 bridgehead atoms. The molecular formula is C28H29N5O4. The highest BCUT2D eigenvalue weighted by molar-refractivity contribution is 5.98.